The molecule has 14 heavy (non-hydrogen) atoms. The summed E-state index contributed by atoms with van der Waals surface area (Å²) < 4.78 is 1.26. The molecule has 0 aliphatic carbocycles. The van der Waals surface area contributed by atoms with Gasteiger partial charge < -0.3 is 10.8 Å². The van der Waals surface area contributed by atoms with Crippen molar-refractivity contribution in [3.8, 4) is 0 Å². The minimum atomic E-state index is -0.0452. The van der Waals surface area contributed by atoms with Crippen LogP contribution < -0.4 is 5.73 Å². The summed E-state index contributed by atoms with van der Waals surface area (Å²) in [4.78, 5) is 0. The summed E-state index contributed by atoms with van der Waals surface area (Å²) in [6.45, 7) is 0.144. The third-order valence-electron chi connectivity index (χ3n) is 2.35. The minimum absolute atomic E-state index is 0.0452. The van der Waals surface area contributed by atoms with E-state index < -0.39 is 0 Å². The van der Waals surface area contributed by atoms with E-state index in [2.05, 4.69) is 17.5 Å². The van der Waals surface area contributed by atoms with Crippen LogP contribution in [0.15, 0.2) is 29.6 Å². The number of benzene rings is 1. The number of aliphatic hydroxyl groups is 1. The monoisotopic (exact) mass is 207 g/mol. The van der Waals surface area contributed by atoms with Crippen LogP contribution in [0, 0.1) is 0 Å². The Morgan fingerprint density at radius 2 is 2.14 bits per heavy atom. The fraction of sp³-hybridized carbons (Fsp3) is 0.273. The van der Waals surface area contributed by atoms with Crippen LogP contribution >= 0.6 is 11.3 Å². The Morgan fingerprint density at radius 3 is 2.93 bits per heavy atom. The third-order valence-corrected chi connectivity index (χ3v) is 3.33. The number of rotatable bonds is 3. The van der Waals surface area contributed by atoms with Crippen molar-refractivity contribution in [1.29, 1.82) is 0 Å². The van der Waals surface area contributed by atoms with E-state index in [1.807, 2.05) is 12.1 Å². The first-order valence-electron chi connectivity index (χ1n) is 4.65. The van der Waals surface area contributed by atoms with Crippen LogP contribution in [0.5, 0.6) is 0 Å². The Bertz CT molecular complexity index is 424. The zero-order valence-electron chi connectivity index (χ0n) is 7.81. The molecule has 2 aromatic rings. The predicted molar refractivity (Wildman–Crippen MR) is 60.5 cm³/mol. The van der Waals surface area contributed by atoms with E-state index in [-0.39, 0.29) is 12.6 Å². The molecule has 1 aromatic carbocycles. The quantitative estimate of drug-likeness (QED) is 0.811. The number of fused-ring (bicyclic) bond motifs is 1. The Morgan fingerprint density at radius 1 is 1.36 bits per heavy atom. The highest BCUT2D eigenvalue weighted by molar-refractivity contribution is 7.17. The molecule has 0 fully saturated rings. The first-order valence-corrected chi connectivity index (χ1v) is 5.53. The average Bonchev–Trinajstić information content (AvgIpc) is 2.61. The van der Waals surface area contributed by atoms with Crippen molar-refractivity contribution in [3.05, 3.63) is 35.2 Å². The molecular weight excluding hydrogens is 194 g/mol. The maximum absolute atomic E-state index is 8.83. The van der Waals surface area contributed by atoms with E-state index >= 15 is 0 Å². The summed E-state index contributed by atoms with van der Waals surface area (Å²) in [6, 6.07) is 8.17. The topological polar surface area (TPSA) is 46.2 Å². The van der Waals surface area contributed by atoms with Crippen LogP contribution in [0.1, 0.15) is 18.0 Å². The molecule has 0 bridgehead atoms. The van der Waals surface area contributed by atoms with Crippen molar-refractivity contribution in [2.24, 2.45) is 5.73 Å². The number of nitrogens with two attached hydrogens (primary N) is 1. The lowest BCUT2D eigenvalue weighted by Crippen LogP contribution is -2.11. The van der Waals surface area contributed by atoms with Crippen molar-refractivity contribution in [2.45, 2.75) is 12.5 Å². The molecule has 0 amide bonds. The van der Waals surface area contributed by atoms with Crippen molar-refractivity contribution < 1.29 is 5.11 Å². The second-order valence-electron chi connectivity index (χ2n) is 3.31. The van der Waals surface area contributed by atoms with Crippen LogP contribution in [0.2, 0.25) is 0 Å². The third kappa shape index (κ3) is 1.66. The summed E-state index contributed by atoms with van der Waals surface area (Å²) in [5.74, 6) is 0. The van der Waals surface area contributed by atoms with Crippen molar-refractivity contribution in [1.82, 2.24) is 0 Å². The number of hydrogen-bond donors (Lipinski definition) is 2. The minimum Gasteiger partial charge on any atom is -0.396 e. The zero-order valence-corrected chi connectivity index (χ0v) is 8.63. The number of hydrogen-bond acceptors (Lipinski definition) is 3. The molecule has 1 atom stereocenters. The standard InChI is InChI=1S/C11H13NOS/c12-10(5-6-13)9-7-14-11-4-2-1-3-8(9)11/h1-4,7,10,13H,5-6,12H2. The molecule has 1 aromatic heterocycles. The molecule has 0 radical (unpaired) electrons. The van der Waals surface area contributed by atoms with Crippen LogP contribution in [0.3, 0.4) is 0 Å². The largest absolute Gasteiger partial charge is 0.396 e. The van der Waals surface area contributed by atoms with Gasteiger partial charge in [0.05, 0.1) is 0 Å². The van der Waals surface area contributed by atoms with Gasteiger partial charge in [-0.2, -0.15) is 0 Å². The van der Waals surface area contributed by atoms with Gasteiger partial charge in [0.15, 0.2) is 0 Å². The fourth-order valence-corrected chi connectivity index (χ4v) is 2.61. The zero-order chi connectivity index (χ0) is 9.97. The molecule has 0 spiro atoms. The molecule has 1 unspecified atom stereocenters. The first kappa shape index (κ1) is 9.65. The van der Waals surface area contributed by atoms with Crippen LogP contribution in [0.25, 0.3) is 10.1 Å². The van der Waals surface area contributed by atoms with Gasteiger partial charge in [0, 0.05) is 17.3 Å². The highest BCUT2D eigenvalue weighted by atomic mass is 32.1. The van der Waals surface area contributed by atoms with Gasteiger partial charge in [-0.1, -0.05) is 18.2 Å². The highest BCUT2D eigenvalue weighted by Gasteiger charge is 2.10. The van der Waals surface area contributed by atoms with Crippen molar-refractivity contribution in [3.63, 3.8) is 0 Å². The molecule has 0 saturated carbocycles. The molecule has 3 heteroatoms. The molecular formula is C11H13NOS. The van der Waals surface area contributed by atoms with Gasteiger partial charge >= 0.3 is 0 Å². The van der Waals surface area contributed by atoms with Crippen molar-refractivity contribution >= 4 is 21.4 Å². The van der Waals surface area contributed by atoms with Gasteiger partial charge in [-0.15, -0.1) is 11.3 Å². The molecule has 0 aliphatic rings. The van der Waals surface area contributed by atoms with E-state index in [9.17, 15) is 0 Å². The summed E-state index contributed by atoms with van der Waals surface area (Å²) in [7, 11) is 0. The van der Waals surface area contributed by atoms with E-state index in [4.69, 9.17) is 10.8 Å². The Kier molecular flexibility index (Phi) is 2.82. The lowest BCUT2D eigenvalue weighted by Gasteiger charge is -2.08. The Labute approximate surface area is 87.0 Å². The molecule has 2 nitrogen and oxygen atoms in total. The van der Waals surface area contributed by atoms with Gasteiger partial charge in [-0.05, 0) is 28.8 Å². The van der Waals surface area contributed by atoms with E-state index in [1.165, 1.54) is 10.1 Å². The highest BCUT2D eigenvalue weighted by Crippen LogP contribution is 2.30. The fourth-order valence-electron chi connectivity index (χ4n) is 1.58. The SMILES string of the molecule is NC(CCO)c1csc2ccccc12. The van der Waals surface area contributed by atoms with Crippen LogP contribution in [-0.4, -0.2) is 11.7 Å². The lowest BCUT2D eigenvalue weighted by atomic mass is 10.0. The van der Waals surface area contributed by atoms with Gasteiger partial charge in [-0.3, -0.25) is 0 Å². The van der Waals surface area contributed by atoms with Gasteiger partial charge in [0.25, 0.3) is 0 Å². The Hall–Kier alpha value is -0.900. The van der Waals surface area contributed by atoms with Crippen LogP contribution in [0.4, 0.5) is 0 Å². The maximum atomic E-state index is 8.83. The van der Waals surface area contributed by atoms with Gasteiger partial charge in [0.2, 0.25) is 0 Å². The predicted octanol–water partition coefficient (Wildman–Crippen LogP) is 2.28. The van der Waals surface area contributed by atoms with Gasteiger partial charge in [0.1, 0.15) is 0 Å². The molecule has 2 rings (SSSR count). The second kappa shape index (κ2) is 4.09. The number of thiophene rings is 1. The molecule has 1 heterocycles. The number of aliphatic hydroxyl groups excluding tert-OH is 1. The summed E-state index contributed by atoms with van der Waals surface area (Å²) in [5.41, 5.74) is 7.12. The van der Waals surface area contributed by atoms with E-state index in [1.54, 1.807) is 11.3 Å². The Balaban J connectivity index is 2.42. The van der Waals surface area contributed by atoms with Gasteiger partial charge in [-0.25, -0.2) is 0 Å². The second-order valence-corrected chi connectivity index (χ2v) is 4.22. The maximum Gasteiger partial charge on any atom is 0.0449 e. The average molecular weight is 207 g/mol. The first-order chi connectivity index (χ1) is 6.83. The molecule has 74 valence electrons. The van der Waals surface area contributed by atoms with E-state index in [0.717, 1.165) is 5.56 Å². The summed E-state index contributed by atoms with van der Waals surface area (Å²) >= 11 is 1.71. The summed E-state index contributed by atoms with van der Waals surface area (Å²) in [5, 5.41) is 12.1. The molecule has 0 aliphatic heterocycles. The lowest BCUT2D eigenvalue weighted by molar-refractivity contribution is 0.277. The normalized spacial score (nSPS) is 13.3. The van der Waals surface area contributed by atoms with Crippen LogP contribution in [-0.2, 0) is 0 Å². The molecule has 0 saturated heterocycles. The molecule has 3 N–H and O–H groups in total. The summed E-state index contributed by atoms with van der Waals surface area (Å²) in [6.07, 6.45) is 0.626. The van der Waals surface area contributed by atoms with E-state index in [0.29, 0.717) is 6.42 Å². The van der Waals surface area contributed by atoms with Crippen molar-refractivity contribution in [2.75, 3.05) is 6.61 Å². The smallest absolute Gasteiger partial charge is 0.0449 e.